The van der Waals surface area contributed by atoms with Gasteiger partial charge in [0.15, 0.2) is 17.3 Å². The zero-order chi connectivity index (χ0) is 13.5. The smallest absolute Gasteiger partial charge is 0.165 e. The van der Waals surface area contributed by atoms with Crippen LogP contribution in [0.5, 0.6) is 0 Å². The van der Waals surface area contributed by atoms with E-state index in [1.54, 1.807) is 6.33 Å². The van der Waals surface area contributed by atoms with Crippen LogP contribution >= 0.6 is 0 Å². The highest BCUT2D eigenvalue weighted by Crippen LogP contribution is 2.24. The van der Waals surface area contributed by atoms with Crippen molar-refractivity contribution in [3.63, 3.8) is 0 Å². The molecule has 1 saturated heterocycles. The van der Waals surface area contributed by atoms with Crippen LogP contribution < -0.4 is 5.73 Å². The van der Waals surface area contributed by atoms with E-state index in [9.17, 15) is 0 Å². The van der Waals surface area contributed by atoms with E-state index >= 15 is 0 Å². The number of nitrogens with two attached hydrogens (primary N) is 1. The fraction of sp³-hybridized carbons (Fsp3) is 0.583. The summed E-state index contributed by atoms with van der Waals surface area (Å²) in [7, 11) is 0. The highest BCUT2D eigenvalue weighted by atomic mass is 16.7. The molecule has 1 aliphatic heterocycles. The van der Waals surface area contributed by atoms with E-state index < -0.39 is 5.79 Å². The summed E-state index contributed by atoms with van der Waals surface area (Å²) in [4.78, 5) is 12.4. The monoisotopic (exact) mass is 263 g/mol. The maximum absolute atomic E-state index is 5.77. The van der Waals surface area contributed by atoms with Crippen LogP contribution in [0.25, 0.3) is 11.2 Å². The molecule has 0 aliphatic carbocycles. The third-order valence-corrected chi connectivity index (χ3v) is 3.19. The first kappa shape index (κ1) is 12.3. The zero-order valence-electron chi connectivity index (χ0n) is 11.0. The quantitative estimate of drug-likeness (QED) is 0.887. The molecule has 2 aromatic heterocycles. The van der Waals surface area contributed by atoms with Gasteiger partial charge in [0, 0.05) is 6.54 Å². The van der Waals surface area contributed by atoms with Gasteiger partial charge in [-0.25, -0.2) is 15.0 Å². The lowest BCUT2D eigenvalue weighted by Gasteiger charge is -2.17. The van der Waals surface area contributed by atoms with Crippen molar-refractivity contribution < 1.29 is 9.47 Å². The molecule has 2 aromatic rings. The molecule has 0 bridgehead atoms. The summed E-state index contributed by atoms with van der Waals surface area (Å²) in [5.74, 6) is -0.0702. The molecule has 3 heterocycles. The van der Waals surface area contributed by atoms with Gasteiger partial charge in [0.1, 0.15) is 11.8 Å². The summed E-state index contributed by atoms with van der Waals surface area (Å²) in [6.45, 7) is 5.23. The van der Waals surface area contributed by atoms with Gasteiger partial charge in [-0.3, -0.25) is 0 Å². The Bertz CT molecular complexity index is 595. The third-order valence-electron chi connectivity index (χ3n) is 3.19. The van der Waals surface area contributed by atoms with E-state index in [1.807, 2.05) is 18.4 Å². The molecule has 1 unspecified atom stereocenters. The number of fused-ring (bicyclic) bond motifs is 1. The largest absolute Gasteiger partial charge is 0.382 e. The van der Waals surface area contributed by atoms with Crippen LogP contribution in [0.4, 0.5) is 5.82 Å². The Kier molecular flexibility index (Phi) is 2.87. The molecule has 0 amide bonds. The minimum atomic E-state index is -0.478. The van der Waals surface area contributed by atoms with E-state index in [4.69, 9.17) is 15.2 Å². The molecule has 2 N–H and O–H groups in total. The van der Waals surface area contributed by atoms with Gasteiger partial charge < -0.3 is 19.8 Å². The van der Waals surface area contributed by atoms with Crippen molar-refractivity contribution in [3.05, 3.63) is 12.7 Å². The average Bonchev–Trinajstić information content (AvgIpc) is 2.91. The molecule has 0 spiro atoms. The molecule has 1 atom stereocenters. The van der Waals surface area contributed by atoms with Crippen LogP contribution in [0.3, 0.4) is 0 Å². The second kappa shape index (κ2) is 4.43. The maximum Gasteiger partial charge on any atom is 0.165 e. The van der Waals surface area contributed by atoms with Crippen molar-refractivity contribution in [2.45, 2.75) is 38.7 Å². The maximum atomic E-state index is 5.77. The lowest BCUT2D eigenvalue weighted by molar-refractivity contribution is -0.139. The van der Waals surface area contributed by atoms with E-state index in [2.05, 4.69) is 15.0 Å². The van der Waals surface area contributed by atoms with Gasteiger partial charge in [-0.15, -0.1) is 0 Å². The topological polar surface area (TPSA) is 88.1 Å². The number of ether oxygens (including phenoxy) is 2. The number of nitrogens with zero attached hydrogens (tertiary/aromatic N) is 4. The molecule has 0 saturated carbocycles. The van der Waals surface area contributed by atoms with Gasteiger partial charge in [-0.2, -0.15) is 0 Å². The van der Waals surface area contributed by atoms with Crippen molar-refractivity contribution in [1.82, 2.24) is 19.5 Å². The molecular weight excluding hydrogens is 246 g/mol. The van der Waals surface area contributed by atoms with Gasteiger partial charge in [0.2, 0.25) is 0 Å². The van der Waals surface area contributed by atoms with Crippen molar-refractivity contribution in [3.8, 4) is 0 Å². The minimum Gasteiger partial charge on any atom is -0.382 e. The van der Waals surface area contributed by atoms with Crippen molar-refractivity contribution in [2.75, 3.05) is 12.3 Å². The lowest BCUT2D eigenvalue weighted by Crippen LogP contribution is -2.22. The molecule has 102 valence electrons. The molecule has 7 nitrogen and oxygen atoms in total. The molecule has 7 heteroatoms. The standard InChI is InChI=1S/C12H17N5O2/c1-12(2)18-5-8(19-12)3-4-17-7-16-9-10(13)14-6-15-11(9)17/h6-8H,3-5H2,1-2H3,(H2,13,14,15). The summed E-state index contributed by atoms with van der Waals surface area (Å²) < 4.78 is 13.3. The third kappa shape index (κ3) is 2.39. The number of rotatable bonds is 3. The normalized spacial score (nSPS) is 22.1. The van der Waals surface area contributed by atoms with Crippen LogP contribution in [0, 0.1) is 0 Å². The Balaban J connectivity index is 1.71. The molecule has 1 fully saturated rings. The second-order valence-corrected chi connectivity index (χ2v) is 5.11. The summed E-state index contributed by atoms with van der Waals surface area (Å²) in [5.41, 5.74) is 7.15. The van der Waals surface area contributed by atoms with Crippen molar-refractivity contribution in [2.24, 2.45) is 0 Å². The average molecular weight is 263 g/mol. The summed E-state index contributed by atoms with van der Waals surface area (Å²) in [5, 5.41) is 0. The fourth-order valence-electron chi connectivity index (χ4n) is 2.25. The number of aromatic nitrogens is 4. The van der Waals surface area contributed by atoms with Gasteiger partial charge in [-0.1, -0.05) is 0 Å². The Morgan fingerprint density at radius 3 is 3.00 bits per heavy atom. The van der Waals surface area contributed by atoms with E-state index in [0.717, 1.165) is 18.6 Å². The highest BCUT2D eigenvalue weighted by molar-refractivity contribution is 5.80. The van der Waals surface area contributed by atoms with Crippen LogP contribution in [-0.4, -0.2) is 38.0 Å². The Labute approximate surface area is 110 Å². The summed E-state index contributed by atoms with van der Waals surface area (Å²) >= 11 is 0. The number of imidazole rings is 1. The highest BCUT2D eigenvalue weighted by Gasteiger charge is 2.32. The zero-order valence-corrected chi connectivity index (χ0v) is 11.0. The number of hydrogen-bond donors (Lipinski definition) is 1. The number of aryl methyl sites for hydroxylation is 1. The van der Waals surface area contributed by atoms with Crippen LogP contribution in [0.1, 0.15) is 20.3 Å². The van der Waals surface area contributed by atoms with Gasteiger partial charge in [0.25, 0.3) is 0 Å². The lowest BCUT2D eigenvalue weighted by atomic mass is 10.2. The first-order chi connectivity index (χ1) is 9.05. The number of nitrogen functional groups attached to an aromatic ring is 1. The fourth-order valence-corrected chi connectivity index (χ4v) is 2.25. The number of hydrogen-bond acceptors (Lipinski definition) is 6. The molecule has 0 aromatic carbocycles. The molecule has 0 radical (unpaired) electrons. The Morgan fingerprint density at radius 2 is 2.26 bits per heavy atom. The number of anilines is 1. The van der Waals surface area contributed by atoms with Crippen molar-refractivity contribution >= 4 is 17.0 Å². The predicted molar refractivity (Wildman–Crippen MR) is 69.3 cm³/mol. The molecular formula is C12H17N5O2. The van der Waals surface area contributed by atoms with Crippen LogP contribution in [0.15, 0.2) is 12.7 Å². The van der Waals surface area contributed by atoms with Gasteiger partial charge in [-0.05, 0) is 20.3 Å². The van der Waals surface area contributed by atoms with Crippen LogP contribution in [0.2, 0.25) is 0 Å². The second-order valence-electron chi connectivity index (χ2n) is 5.11. The summed E-state index contributed by atoms with van der Waals surface area (Å²) in [6, 6.07) is 0. The van der Waals surface area contributed by atoms with Gasteiger partial charge >= 0.3 is 0 Å². The molecule has 19 heavy (non-hydrogen) atoms. The first-order valence-electron chi connectivity index (χ1n) is 6.28. The van der Waals surface area contributed by atoms with E-state index in [0.29, 0.717) is 17.9 Å². The Morgan fingerprint density at radius 1 is 1.42 bits per heavy atom. The first-order valence-corrected chi connectivity index (χ1v) is 6.28. The SMILES string of the molecule is CC1(C)OCC(CCn2cnc3c(N)ncnc32)O1. The Hall–Kier alpha value is -1.73. The van der Waals surface area contributed by atoms with Gasteiger partial charge in [0.05, 0.1) is 19.0 Å². The minimum absolute atomic E-state index is 0.103. The summed E-state index contributed by atoms with van der Waals surface area (Å²) in [6.07, 6.45) is 4.13. The van der Waals surface area contributed by atoms with E-state index in [1.165, 1.54) is 6.33 Å². The van der Waals surface area contributed by atoms with Crippen LogP contribution in [-0.2, 0) is 16.0 Å². The van der Waals surface area contributed by atoms with E-state index in [-0.39, 0.29) is 6.10 Å². The molecule has 1 aliphatic rings. The molecule has 3 rings (SSSR count). The predicted octanol–water partition coefficient (Wildman–Crippen LogP) is 0.950. The van der Waals surface area contributed by atoms with Crippen molar-refractivity contribution in [1.29, 1.82) is 0 Å².